The number of hydrogen-bond donors (Lipinski definition) is 1. The van der Waals surface area contributed by atoms with Crippen LogP contribution in [0.3, 0.4) is 0 Å². The van der Waals surface area contributed by atoms with Crippen molar-refractivity contribution >= 4 is 34.2 Å². The van der Waals surface area contributed by atoms with Crippen molar-refractivity contribution in [3.05, 3.63) is 92.8 Å². The Hall–Kier alpha value is -3.98. The summed E-state index contributed by atoms with van der Waals surface area (Å²) < 4.78 is 55.9. The van der Waals surface area contributed by atoms with E-state index in [1.54, 1.807) is 12.1 Å². The van der Waals surface area contributed by atoms with Gasteiger partial charge in [0.05, 0.1) is 16.6 Å². The lowest BCUT2D eigenvalue weighted by atomic mass is 10.1. The van der Waals surface area contributed by atoms with Crippen molar-refractivity contribution in [2.75, 3.05) is 11.9 Å². The van der Waals surface area contributed by atoms with Crippen molar-refractivity contribution < 1.29 is 31.9 Å². The summed E-state index contributed by atoms with van der Waals surface area (Å²) in [4.78, 5) is 25.0. The molecule has 36 heavy (non-hydrogen) atoms. The van der Waals surface area contributed by atoms with Crippen molar-refractivity contribution in [2.45, 2.75) is 20.0 Å². The van der Waals surface area contributed by atoms with Gasteiger partial charge in [0.2, 0.25) is 11.2 Å². The molecule has 1 amide bonds. The van der Waals surface area contributed by atoms with Gasteiger partial charge in [-0.2, -0.15) is 13.2 Å². The summed E-state index contributed by atoms with van der Waals surface area (Å²) in [6.07, 6.45) is -3.46. The number of carbonyl (C=O) groups excluding carboxylic acids is 1. The maximum Gasteiger partial charge on any atom is 0.418 e. The summed E-state index contributed by atoms with van der Waals surface area (Å²) >= 11 is 6.17. The molecule has 1 heterocycles. The molecule has 0 fully saturated rings. The van der Waals surface area contributed by atoms with Crippen LogP contribution in [-0.2, 0) is 11.0 Å². The van der Waals surface area contributed by atoms with Crippen LogP contribution in [0.5, 0.6) is 17.2 Å². The van der Waals surface area contributed by atoms with Gasteiger partial charge in [-0.3, -0.25) is 9.59 Å². The normalized spacial score (nSPS) is 11.4. The molecule has 0 saturated carbocycles. The molecule has 0 unspecified atom stereocenters. The maximum absolute atomic E-state index is 13.1. The largest absolute Gasteiger partial charge is 0.484 e. The fourth-order valence-corrected chi connectivity index (χ4v) is 3.63. The fourth-order valence-electron chi connectivity index (χ4n) is 3.52. The molecule has 0 aliphatic rings. The highest BCUT2D eigenvalue weighted by molar-refractivity contribution is 6.32. The van der Waals surface area contributed by atoms with Gasteiger partial charge in [-0.15, -0.1) is 0 Å². The summed E-state index contributed by atoms with van der Waals surface area (Å²) in [5.41, 5.74) is 0.00863. The zero-order chi connectivity index (χ0) is 26.0. The Bertz CT molecular complexity index is 1490. The van der Waals surface area contributed by atoms with E-state index in [1.807, 2.05) is 13.8 Å². The van der Waals surface area contributed by atoms with E-state index in [9.17, 15) is 22.8 Å². The van der Waals surface area contributed by atoms with Gasteiger partial charge in [0.15, 0.2) is 6.61 Å². The van der Waals surface area contributed by atoms with Crippen LogP contribution in [0.1, 0.15) is 16.7 Å². The van der Waals surface area contributed by atoms with Crippen molar-refractivity contribution in [1.82, 2.24) is 0 Å². The number of alkyl halides is 3. The molecule has 0 radical (unpaired) electrons. The number of amides is 1. The van der Waals surface area contributed by atoms with Crippen LogP contribution in [0.4, 0.5) is 18.9 Å². The third-order valence-electron chi connectivity index (χ3n) is 5.23. The summed E-state index contributed by atoms with van der Waals surface area (Å²) in [6.45, 7) is 3.09. The predicted octanol–water partition coefficient (Wildman–Crippen LogP) is 6.89. The van der Waals surface area contributed by atoms with Gasteiger partial charge in [0.25, 0.3) is 5.91 Å². The van der Waals surface area contributed by atoms with Crippen LogP contribution in [0.2, 0.25) is 5.02 Å². The Labute approximate surface area is 208 Å². The number of nitrogens with one attached hydrogen (secondary N) is 1. The maximum atomic E-state index is 13.1. The minimum Gasteiger partial charge on any atom is -0.484 e. The number of ether oxygens (including phenoxy) is 2. The number of halogens is 4. The van der Waals surface area contributed by atoms with Gasteiger partial charge in [-0.1, -0.05) is 23.7 Å². The number of carbonyl (C=O) groups is 1. The highest BCUT2D eigenvalue weighted by Crippen LogP contribution is 2.34. The van der Waals surface area contributed by atoms with Crippen LogP contribution in [0.25, 0.3) is 11.0 Å². The first kappa shape index (κ1) is 25.1. The number of anilines is 1. The molecule has 10 heteroatoms. The number of rotatable bonds is 6. The van der Waals surface area contributed by atoms with Crippen LogP contribution in [0, 0.1) is 13.8 Å². The first-order valence-electron chi connectivity index (χ1n) is 10.6. The molecule has 0 spiro atoms. The SMILES string of the molecule is Cc1cc(Oc2coc3cc(OCC(=O)Nc4ccccc4C(F)(F)F)ccc3c2=O)cc(C)c1Cl. The molecule has 0 atom stereocenters. The zero-order valence-electron chi connectivity index (χ0n) is 19.0. The summed E-state index contributed by atoms with van der Waals surface area (Å²) in [5, 5.41) is 3.02. The number of hydrogen-bond acceptors (Lipinski definition) is 5. The molecule has 1 aromatic heterocycles. The molecular formula is C26H19ClF3NO5. The highest BCUT2D eigenvalue weighted by Gasteiger charge is 2.33. The van der Waals surface area contributed by atoms with Crippen LogP contribution in [-0.4, -0.2) is 12.5 Å². The average Bonchev–Trinajstić information content (AvgIpc) is 2.82. The molecule has 0 saturated heterocycles. The molecule has 186 valence electrons. The van der Waals surface area contributed by atoms with E-state index in [-0.39, 0.29) is 28.2 Å². The molecule has 4 aromatic rings. The van der Waals surface area contributed by atoms with Crippen molar-refractivity contribution in [1.29, 1.82) is 0 Å². The highest BCUT2D eigenvalue weighted by atomic mass is 35.5. The molecule has 0 aliphatic heterocycles. The van der Waals surface area contributed by atoms with Gasteiger partial charge in [0.1, 0.15) is 23.3 Å². The number of benzene rings is 3. The van der Waals surface area contributed by atoms with Gasteiger partial charge in [-0.25, -0.2) is 0 Å². The van der Waals surface area contributed by atoms with E-state index >= 15 is 0 Å². The lowest BCUT2D eigenvalue weighted by molar-refractivity contribution is -0.137. The third-order valence-corrected chi connectivity index (χ3v) is 5.82. The Morgan fingerprint density at radius 1 is 1.03 bits per heavy atom. The first-order chi connectivity index (χ1) is 17.0. The van der Waals surface area contributed by atoms with E-state index in [0.29, 0.717) is 10.8 Å². The topological polar surface area (TPSA) is 77.8 Å². The smallest absolute Gasteiger partial charge is 0.418 e. The standard InChI is InChI=1S/C26H19ClF3NO5/c1-14-9-17(10-15(2)24(14)27)36-22-12-35-21-11-16(7-8-18(21)25(22)33)34-13-23(32)31-20-6-4-3-5-19(20)26(28,29)30/h3-12H,13H2,1-2H3,(H,31,32). The van der Waals surface area contributed by atoms with Crippen LogP contribution in [0.15, 0.2) is 70.1 Å². The first-order valence-corrected chi connectivity index (χ1v) is 11.0. The monoisotopic (exact) mass is 517 g/mol. The van der Waals surface area contributed by atoms with E-state index in [1.165, 1.54) is 30.3 Å². The second-order valence-corrected chi connectivity index (χ2v) is 8.32. The lowest BCUT2D eigenvalue weighted by Crippen LogP contribution is -2.22. The summed E-state index contributed by atoms with van der Waals surface area (Å²) in [7, 11) is 0. The van der Waals surface area contributed by atoms with Gasteiger partial charge >= 0.3 is 6.18 Å². The molecule has 0 aliphatic carbocycles. The van der Waals surface area contributed by atoms with Crippen molar-refractivity contribution in [3.8, 4) is 17.2 Å². The van der Waals surface area contributed by atoms with Crippen molar-refractivity contribution in [2.24, 2.45) is 0 Å². The quantitative estimate of drug-likeness (QED) is 0.301. The Balaban J connectivity index is 1.47. The van der Waals surface area contributed by atoms with Gasteiger partial charge in [0, 0.05) is 11.1 Å². The van der Waals surface area contributed by atoms with Crippen LogP contribution < -0.4 is 20.2 Å². The zero-order valence-corrected chi connectivity index (χ0v) is 19.8. The second-order valence-electron chi connectivity index (χ2n) is 7.94. The Kier molecular flexibility index (Phi) is 6.94. The summed E-state index contributed by atoms with van der Waals surface area (Å²) in [5.74, 6) is -0.202. The minimum absolute atomic E-state index is 0.0278. The molecule has 6 nitrogen and oxygen atoms in total. The molecule has 1 N–H and O–H groups in total. The van der Waals surface area contributed by atoms with E-state index in [2.05, 4.69) is 5.32 Å². The molecular weight excluding hydrogens is 499 g/mol. The molecule has 4 rings (SSSR count). The Morgan fingerprint density at radius 2 is 1.72 bits per heavy atom. The van der Waals surface area contributed by atoms with E-state index in [0.717, 1.165) is 29.5 Å². The fraction of sp³-hybridized carbons (Fsp3) is 0.154. The lowest BCUT2D eigenvalue weighted by Gasteiger charge is -2.14. The average molecular weight is 518 g/mol. The van der Waals surface area contributed by atoms with Crippen molar-refractivity contribution in [3.63, 3.8) is 0 Å². The molecule has 3 aromatic carbocycles. The third kappa shape index (κ3) is 5.46. The Morgan fingerprint density at radius 3 is 2.42 bits per heavy atom. The predicted molar refractivity (Wildman–Crippen MR) is 129 cm³/mol. The second kappa shape index (κ2) is 9.94. The van der Waals surface area contributed by atoms with E-state index < -0.39 is 29.7 Å². The van der Waals surface area contributed by atoms with Crippen LogP contribution >= 0.6 is 11.6 Å². The van der Waals surface area contributed by atoms with Gasteiger partial charge < -0.3 is 19.2 Å². The van der Waals surface area contributed by atoms with E-state index in [4.69, 9.17) is 25.5 Å². The van der Waals surface area contributed by atoms with Gasteiger partial charge in [-0.05, 0) is 61.4 Å². The molecule has 0 bridgehead atoms. The number of aryl methyl sites for hydroxylation is 2. The number of para-hydroxylation sites is 1. The summed E-state index contributed by atoms with van der Waals surface area (Å²) in [6, 6.07) is 12.3. The minimum atomic E-state index is -4.62. The number of fused-ring (bicyclic) bond motifs is 1.